The van der Waals surface area contributed by atoms with Crippen LogP contribution in [0.3, 0.4) is 0 Å². The van der Waals surface area contributed by atoms with Gasteiger partial charge in [-0.2, -0.15) is 0 Å². The first-order valence-electron chi connectivity index (χ1n) is 4.80. The summed E-state index contributed by atoms with van der Waals surface area (Å²) in [5.41, 5.74) is 2.36. The third kappa shape index (κ3) is 1.77. The van der Waals surface area contributed by atoms with Crippen LogP contribution in [-0.2, 0) is 6.54 Å². The van der Waals surface area contributed by atoms with Gasteiger partial charge in [0.1, 0.15) is 13.2 Å². The zero-order valence-electron chi connectivity index (χ0n) is 8.75. The fraction of sp³-hybridized carbons (Fsp3) is 0.400. The lowest BCUT2D eigenvalue weighted by atomic mass is 10.1. The largest absolute Gasteiger partial charge is 0.493 e. The number of hydrogen-bond acceptors (Lipinski definition) is 5. The quantitative estimate of drug-likeness (QED) is 0.759. The van der Waals surface area contributed by atoms with Crippen molar-refractivity contribution in [3.63, 3.8) is 0 Å². The fourth-order valence-electron chi connectivity index (χ4n) is 1.66. The minimum Gasteiger partial charge on any atom is -0.493 e. The van der Waals surface area contributed by atoms with Crippen molar-refractivity contribution >= 4 is 0 Å². The van der Waals surface area contributed by atoms with Crippen LogP contribution in [0.25, 0.3) is 0 Å². The minimum absolute atomic E-state index is 0.0205. The second kappa shape index (κ2) is 4.54. The first-order chi connectivity index (χ1) is 7.77. The monoisotopic (exact) mass is 229 g/mol. The van der Waals surface area contributed by atoms with Gasteiger partial charge in [-0.3, -0.25) is 0 Å². The maximum Gasteiger partial charge on any atom is 0.169 e. The lowest BCUT2D eigenvalue weighted by Gasteiger charge is -2.22. The van der Waals surface area contributed by atoms with E-state index in [1.165, 1.54) is 13.2 Å². The Bertz CT molecular complexity index is 397. The van der Waals surface area contributed by atoms with Crippen molar-refractivity contribution in [2.75, 3.05) is 20.3 Å². The third-order valence-electron chi connectivity index (χ3n) is 2.29. The molecule has 1 heterocycles. The highest BCUT2D eigenvalue weighted by Gasteiger charge is 2.23. The molecule has 0 amide bonds. The predicted octanol–water partition coefficient (Wildman–Crippen LogP) is 1.08. The van der Waals surface area contributed by atoms with Crippen LogP contribution in [0.15, 0.2) is 6.07 Å². The van der Waals surface area contributed by atoms with Gasteiger partial charge in [-0.25, -0.2) is 9.87 Å². The van der Waals surface area contributed by atoms with Crippen LogP contribution in [0.1, 0.15) is 5.56 Å². The number of fused-ring (bicyclic) bond motifs is 1. The molecule has 0 radical (unpaired) electrons. The zero-order chi connectivity index (χ0) is 11.5. The van der Waals surface area contributed by atoms with Gasteiger partial charge in [0.25, 0.3) is 0 Å². The van der Waals surface area contributed by atoms with Gasteiger partial charge in [0, 0.05) is 6.07 Å². The third-order valence-corrected chi connectivity index (χ3v) is 2.29. The summed E-state index contributed by atoms with van der Waals surface area (Å²) in [7, 11) is 1.36. The summed E-state index contributed by atoms with van der Waals surface area (Å²) in [6, 6.07) is 1.22. The number of hydroxylamine groups is 1. The topological polar surface area (TPSA) is 60.0 Å². The molecule has 0 saturated heterocycles. The van der Waals surface area contributed by atoms with Crippen LogP contribution in [-0.4, -0.2) is 25.5 Å². The molecule has 1 aliphatic rings. The van der Waals surface area contributed by atoms with E-state index in [0.717, 1.165) is 0 Å². The first kappa shape index (κ1) is 11.0. The van der Waals surface area contributed by atoms with Crippen LogP contribution in [0, 0.1) is 5.82 Å². The van der Waals surface area contributed by atoms with E-state index >= 15 is 0 Å². The second-order valence-electron chi connectivity index (χ2n) is 3.23. The normalized spacial score (nSPS) is 13.7. The minimum atomic E-state index is -0.544. The summed E-state index contributed by atoms with van der Waals surface area (Å²) in [5, 5.41) is 8.71. The summed E-state index contributed by atoms with van der Waals surface area (Å²) in [6.07, 6.45) is 0. The lowest BCUT2D eigenvalue weighted by molar-refractivity contribution is 0.147. The summed E-state index contributed by atoms with van der Waals surface area (Å²) < 4.78 is 29.2. The Morgan fingerprint density at radius 2 is 2.25 bits per heavy atom. The molecule has 0 spiro atoms. The summed E-state index contributed by atoms with van der Waals surface area (Å²) >= 11 is 0. The molecule has 1 aromatic carbocycles. The average Bonchev–Trinajstić information content (AvgIpc) is 2.29. The highest BCUT2D eigenvalue weighted by molar-refractivity contribution is 5.55. The van der Waals surface area contributed by atoms with Crippen molar-refractivity contribution in [3.8, 4) is 17.2 Å². The van der Waals surface area contributed by atoms with Gasteiger partial charge in [0.05, 0.1) is 19.2 Å². The number of nitrogens with one attached hydrogen (secondary N) is 1. The Morgan fingerprint density at radius 1 is 1.50 bits per heavy atom. The van der Waals surface area contributed by atoms with Crippen molar-refractivity contribution in [2.24, 2.45) is 0 Å². The standard InChI is InChI=1S/C10H12FNO4/c1-14-9-6(5-12-13)10-8(4-7(9)11)15-2-3-16-10/h4,12-13H,2-3,5H2,1H3. The Balaban J connectivity index is 2.54. The van der Waals surface area contributed by atoms with E-state index < -0.39 is 5.82 Å². The van der Waals surface area contributed by atoms with Gasteiger partial charge >= 0.3 is 0 Å². The molecule has 16 heavy (non-hydrogen) atoms. The summed E-state index contributed by atoms with van der Waals surface area (Å²) in [6.45, 7) is 0.789. The maximum absolute atomic E-state index is 13.6. The molecular formula is C10H12FNO4. The molecule has 1 aromatic rings. The zero-order valence-corrected chi connectivity index (χ0v) is 8.75. The SMILES string of the molecule is COc1c(F)cc2c(c1CNO)OCCO2. The lowest BCUT2D eigenvalue weighted by Crippen LogP contribution is -2.19. The smallest absolute Gasteiger partial charge is 0.169 e. The number of hydrogen-bond donors (Lipinski definition) is 2. The van der Waals surface area contributed by atoms with Crippen LogP contribution in [0.4, 0.5) is 4.39 Å². The number of methoxy groups -OCH3 is 1. The van der Waals surface area contributed by atoms with E-state index in [9.17, 15) is 4.39 Å². The molecule has 2 N–H and O–H groups in total. The van der Waals surface area contributed by atoms with Crippen LogP contribution in [0.2, 0.25) is 0 Å². The van der Waals surface area contributed by atoms with E-state index in [2.05, 4.69) is 0 Å². The Labute approximate surface area is 91.7 Å². The molecule has 5 nitrogen and oxygen atoms in total. The predicted molar refractivity (Wildman–Crippen MR) is 52.6 cm³/mol. The Morgan fingerprint density at radius 3 is 2.94 bits per heavy atom. The molecule has 0 bridgehead atoms. The van der Waals surface area contributed by atoms with Gasteiger partial charge in [0.15, 0.2) is 23.1 Å². The van der Waals surface area contributed by atoms with Crippen molar-refractivity contribution < 1.29 is 23.8 Å². The second-order valence-corrected chi connectivity index (χ2v) is 3.23. The van der Waals surface area contributed by atoms with E-state index in [1.54, 1.807) is 0 Å². The van der Waals surface area contributed by atoms with E-state index in [4.69, 9.17) is 19.4 Å². The number of benzene rings is 1. The molecule has 0 unspecified atom stereocenters. The van der Waals surface area contributed by atoms with Crippen molar-refractivity contribution in [3.05, 3.63) is 17.4 Å². The molecular weight excluding hydrogens is 217 g/mol. The molecule has 6 heteroatoms. The van der Waals surface area contributed by atoms with Gasteiger partial charge in [0.2, 0.25) is 0 Å². The Hall–Kier alpha value is -1.53. The molecule has 0 atom stereocenters. The van der Waals surface area contributed by atoms with Crippen molar-refractivity contribution in [2.45, 2.75) is 6.54 Å². The molecule has 1 aliphatic heterocycles. The summed E-state index contributed by atoms with van der Waals surface area (Å²) in [4.78, 5) is 0. The van der Waals surface area contributed by atoms with Crippen molar-refractivity contribution in [1.82, 2.24) is 5.48 Å². The number of ether oxygens (including phenoxy) is 3. The van der Waals surface area contributed by atoms with Gasteiger partial charge in [-0.1, -0.05) is 0 Å². The van der Waals surface area contributed by atoms with E-state index in [-0.39, 0.29) is 12.3 Å². The highest BCUT2D eigenvalue weighted by Crippen LogP contribution is 2.41. The van der Waals surface area contributed by atoms with Gasteiger partial charge < -0.3 is 19.4 Å². The van der Waals surface area contributed by atoms with Crippen LogP contribution >= 0.6 is 0 Å². The average molecular weight is 229 g/mol. The van der Waals surface area contributed by atoms with Crippen LogP contribution in [0.5, 0.6) is 17.2 Å². The molecule has 2 rings (SSSR count). The molecule has 88 valence electrons. The highest BCUT2D eigenvalue weighted by atomic mass is 19.1. The molecule has 0 aliphatic carbocycles. The fourth-order valence-corrected chi connectivity index (χ4v) is 1.66. The number of rotatable bonds is 3. The van der Waals surface area contributed by atoms with Crippen molar-refractivity contribution in [1.29, 1.82) is 0 Å². The van der Waals surface area contributed by atoms with Gasteiger partial charge in [-0.15, -0.1) is 0 Å². The maximum atomic E-state index is 13.6. The van der Waals surface area contributed by atoms with Crippen LogP contribution < -0.4 is 19.7 Å². The number of halogens is 1. The molecule has 0 aromatic heterocycles. The van der Waals surface area contributed by atoms with E-state index in [0.29, 0.717) is 30.3 Å². The Kier molecular flexibility index (Phi) is 3.12. The summed E-state index contributed by atoms with van der Waals surface area (Å²) in [5.74, 6) is 0.239. The first-order valence-corrected chi connectivity index (χ1v) is 4.80. The van der Waals surface area contributed by atoms with Gasteiger partial charge in [-0.05, 0) is 0 Å². The molecule has 0 fully saturated rings. The molecule has 0 saturated carbocycles. The van der Waals surface area contributed by atoms with E-state index in [1.807, 2.05) is 5.48 Å².